The fraction of sp³-hybridized carbons (Fsp3) is 0.261. The number of hydrogen-bond donors (Lipinski definition) is 0. The third-order valence-corrected chi connectivity index (χ3v) is 6.58. The van der Waals surface area contributed by atoms with Crippen molar-refractivity contribution in [3.05, 3.63) is 74.4 Å². The predicted octanol–water partition coefficient (Wildman–Crippen LogP) is 5.08. The molecule has 2 heterocycles. The van der Waals surface area contributed by atoms with E-state index in [4.69, 9.17) is 14.2 Å². The quantitative estimate of drug-likeness (QED) is 0.486. The Hall–Kier alpha value is -2.51. The van der Waals surface area contributed by atoms with Gasteiger partial charge in [-0.3, -0.25) is 4.79 Å². The second kappa shape index (κ2) is 9.10. The summed E-state index contributed by atoms with van der Waals surface area (Å²) in [4.78, 5) is 16.2. The van der Waals surface area contributed by atoms with E-state index in [2.05, 4.69) is 22.0 Å². The molecule has 0 saturated heterocycles. The Morgan fingerprint density at radius 3 is 2.63 bits per heavy atom. The molecule has 0 N–H and O–H groups in total. The molecular weight excluding hydrogens is 466 g/mol. The van der Waals surface area contributed by atoms with Gasteiger partial charge in [0.25, 0.3) is 5.91 Å². The Morgan fingerprint density at radius 1 is 1.13 bits per heavy atom. The van der Waals surface area contributed by atoms with Crippen molar-refractivity contribution in [2.75, 3.05) is 27.4 Å². The Balaban J connectivity index is 1.64. The minimum absolute atomic E-state index is 0.0129. The van der Waals surface area contributed by atoms with Gasteiger partial charge in [0.1, 0.15) is 5.75 Å². The van der Waals surface area contributed by atoms with Crippen LogP contribution in [-0.4, -0.2) is 38.2 Å². The van der Waals surface area contributed by atoms with Crippen LogP contribution in [0.3, 0.4) is 0 Å². The second-order valence-electron chi connectivity index (χ2n) is 6.91. The molecule has 0 saturated carbocycles. The van der Waals surface area contributed by atoms with Crippen molar-refractivity contribution in [3.8, 4) is 17.2 Å². The molecule has 0 bridgehead atoms. The zero-order chi connectivity index (χ0) is 21.1. The lowest BCUT2D eigenvalue weighted by Gasteiger charge is -2.37. The van der Waals surface area contributed by atoms with E-state index < -0.39 is 0 Å². The molecule has 0 spiro atoms. The zero-order valence-electron chi connectivity index (χ0n) is 16.8. The largest absolute Gasteiger partial charge is 0.493 e. The van der Waals surface area contributed by atoms with E-state index in [0.717, 1.165) is 21.3 Å². The van der Waals surface area contributed by atoms with Crippen molar-refractivity contribution in [2.45, 2.75) is 12.5 Å². The number of rotatable bonds is 6. The standard InChI is InChI=1S/C23H22BrNO4S/c1-27-19-11-15-8-9-25(22(26)14-29-17-6-3-5-16(24)12-17)23(21-7-4-10-30-21)18(15)13-20(19)28-2/h3-7,10-13,23H,8-9,14H2,1-2H3. The Labute approximate surface area is 188 Å². The van der Waals surface area contributed by atoms with E-state index >= 15 is 0 Å². The van der Waals surface area contributed by atoms with E-state index in [1.54, 1.807) is 25.6 Å². The van der Waals surface area contributed by atoms with Crippen molar-refractivity contribution >= 4 is 33.2 Å². The average molecular weight is 488 g/mol. The lowest BCUT2D eigenvalue weighted by atomic mass is 9.90. The van der Waals surface area contributed by atoms with Gasteiger partial charge in [0.2, 0.25) is 0 Å². The van der Waals surface area contributed by atoms with Crippen LogP contribution in [0.25, 0.3) is 0 Å². The molecule has 1 unspecified atom stereocenters. The summed E-state index contributed by atoms with van der Waals surface area (Å²) >= 11 is 5.07. The Bertz CT molecular complexity index is 1040. The molecule has 30 heavy (non-hydrogen) atoms. The first kappa shape index (κ1) is 20.8. The molecule has 4 rings (SSSR count). The first-order chi connectivity index (χ1) is 14.6. The van der Waals surface area contributed by atoms with Gasteiger partial charge in [-0.1, -0.05) is 28.1 Å². The highest BCUT2D eigenvalue weighted by atomic mass is 79.9. The van der Waals surface area contributed by atoms with Crippen LogP contribution in [0.5, 0.6) is 17.2 Å². The van der Waals surface area contributed by atoms with E-state index in [1.165, 1.54) is 5.56 Å². The average Bonchev–Trinajstić information content (AvgIpc) is 3.30. The van der Waals surface area contributed by atoms with Crippen molar-refractivity contribution in [3.63, 3.8) is 0 Å². The zero-order valence-corrected chi connectivity index (χ0v) is 19.2. The number of methoxy groups -OCH3 is 2. The highest BCUT2D eigenvalue weighted by molar-refractivity contribution is 9.10. The third-order valence-electron chi connectivity index (χ3n) is 5.17. The molecule has 1 aromatic heterocycles. The van der Waals surface area contributed by atoms with Crippen LogP contribution in [0.2, 0.25) is 0 Å². The van der Waals surface area contributed by atoms with E-state index in [9.17, 15) is 4.79 Å². The summed E-state index contributed by atoms with van der Waals surface area (Å²) < 4.78 is 17.7. The Kier molecular flexibility index (Phi) is 6.29. The van der Waals surface area contributed by atoms with Gasteiger partial charge in [-0.25, -0.2) is 0 Å². The van der Waals surface area contributed by atoms with E-state index in [0.29, 0.717) is 23.8 Å². The number of carbonyl (C=O) groups is 1. The highest BCUT2D eigenvalue weighted by Crippen LogP contribution is 2.42. The van der Waals surface area contributed by atoms with Gasteiger partial charge in [0.05, 0.1) is 20.3 Å². The summed E-state index contributed by atoms with van der Waals surface area (Å²) in [6.45, 7) is 0.604. The summed E-state index contributed by atoms with van der Waals surface area (Å²) in [6.07, 6.45) is 0.750. The minimum atomic E-state index is -0.174. The number of carbonyl (C=O) groups excluding carboxylic acids is 1. The maximum atomic E-state index is 13.2. The van der Waals surface area contributed by atoms with Gasteiger partial charge in [0, 0.05) is 15.9 Å². The third kappa shape index (κ3) is 4.18. The van der Waals surface area contributed by atoms with Gasteiger partial charge in [-0.05, 0) is 59.3 Å². The molecule has 7 heteroatoms. The Morgan fingerprint density at radius 2 is 1.93 bits per heavy atom. The van der Waals surface area contributed by atoms with Crippen molar-refractivity contribution in [2.24, 2.45) is 0 Å². The minimum Gasteiger partial charge on any atom is -0.493 e. The second-order valence-corrected chi connectivity index (χ2v) is 8.80. The maximum Gasteiger partial charge on any atom is 0.261 e. The monoisotopic (exact) mass is 487 g/mol. The molecule has 0 fully saturated rings. The topological polar surface area (TPSA) is 48.0 Å². The molecule has 1 atom stereocenters. The molecule has 2 aromatic carbocycles. The summed E-state index contributed by atoms with van der Waals surface area (Å²) in [7, 11) is 3.26. The number of amides is 1. The molecule has 5 nitrogen and oxygen atoms in total. The molecule has 1 aliphatic heterocycles. The van der Waals surface area contributed by atoms with Crippen LogP contribution >= 0.6 is 27.3 Å². The number of ether oxygens (including phenoxy) is 3. The highest BCUT2D eigenvalue weighted by Gasteiger charge is 2.34. The number of nitrogens with zero attached hydrogens (tertiary/aromatic N) is 1. The van der Waals surface area contributed by atoms with Crippen molar-refractivity contribution in [1.82, 2.24) is 4.90 Å². The van der Waals surface area contributed by atoms with Gasteiger partial charge >= 0.3 is 0 Å². The van der Waals surface area contributed by atoms with Crippen molar-refractivity contribution < 1.29 is 19.0 Å². The lowest BCUT2D eigenvalue weighted by Crippen LogP contribution is -2.42. The molecule has 156 valence electrons. The fourth-order valence-electron chi connectivity index (χ4n) is 3.75. The summed E-state index contributed by atoms with van der Waals surface area (Å²) in [5, 5.41) is 2.03. The van der Waals surface area contributed by atoms with Gasteiger partial charge < -0.3 is 19.1 Å². The number of fused-ring (bicyclic) bond motifs is 1. The van der Waals surface area contributed by atoms with Gasteiger partial charge in [-0.2, -0.15) is 0 Å². The van der Waals surface area contributed by atoms with Crippen LogP contribution in [0.15, 0.2) is 58.4 Å². The van der Waals surface area contributed by atoms with Gasteiger partial charge in [0.15, 0.2) is 18.1 Å². The molecule has 3 aromatic rings. The summed E-state index contributed by atoms with van der Waals surface area (Å²) in [5.74, 6) is 1.99. The van der Waals surface area contributed by atoms with Crippen LogP contribution in [0.4, 0.5) is 0 Å². The normalized spacial score (nSPS) is 15.4. The number of hydrogen-bond acceptors (Lipinski definition) is 5. The molecule has 1 amide bonds. The summed E-state index contributed by atoms with van der Waals surface area (Å²) in [5.41, 5.74) is 2.24. The number of halogens is 1. The SMILES string of the molecule is COc1cc2c(cc1OC)C(c1cccs1)N(C(=O)COc1cccc(Br)c1)CC2. The van der Waals surface area contributed by atoms with E-state index in [1.807, 2.05) is 52.7 Å². The van der Waals surface area contributed by atoms with Crippen LogP contribution in [0, 0.1) is 0 Å². The van der Waals surface area contributed by atoms with Gasteiger partial charge in [-0.15, -0.1) is 11.3 Å². The molecule has 0 aliphatic carbocycles. The molecular formula is C23H22BrNO4S. The fourth-order valence-corrected chi connectivity index (χ4v) is 4.99. The van der Waals surface area contributed by atoms with Crippen LogP contribution in [-0.2, 0) is 11.2 Å². The molecule has 0 radical (unpaired) electrons. The van der Waals surface area contributed by atoms with Crippen LogP contribution in [0.1, 0.15) is 22.0 Å². The number of benzene rings is 2. The smallest absolute Gasteiger partial charge is 0.261 e. The van der Waals surface area contributed by atoms with Crippen molar-refractivity contribution in [1.29, 1.82) is 0 Å². The first-order valence-corrected chi connectivity index (χ1v) is 11.2. The predicted molar refractivity (Wildman–Crippen MR) is 121 cm³/mol. The first-order valence-electron chi connectivity index (χ1n) is 9.56. The van der Waals surface area contributed by atoms with E-state index in [-0.39, 0.29) is 18.6 Å². The number of thiophene rings is 1. The summed E-state index contributed by atoms with van der Waals surface area (Å²) in [6, 6.07) is 15.4. The molecule has 1 aliphatic rings. The maximum absolute atomic E-state index is 13.2. The van der Waals surface area contributed by atoms with Crippen LogP contribution < -0.4 is 14.2 Å². The lowest BCUT2D eigenvalue weighted by molar-refractivity contribution is -0.135.